The summed E-state index contributed by atoms with van der Waals surface area (Å²) >= 11 is 6.09. The molecule has 9 nitrogen and oxygen atoms in total. The number of amides is 2. The number of phenols is 1. The summed E-state index contributed by atoms with van der Waals surface area (Å²) in [6.07, 6.45) is 2.93. The largest absolute Gasteiger partial charge is 0.507 e. The molecule has 1 aromatic carbocycles. The highest BCUT2D eigenvalue weighted by atomic mass is 32.1. The predicted octanol–water partition coefficient (Wildman–Crippen LogP) is 5.82. The molecule has 12 heteroatoms. The first-order valence-electron chi connectivity index (χ1n) is 14.5. The van der Waals surface area contributed by atoms with Gasteiger partial charge in [0, 0.05) is 44.3 Å². The van der Waals surface area contributed by atoms with Crippen molar-refractivity contribution in [3.63, 3.8) is 0 Å². The Kier molecular flexibility index (Phi) is 8.70. The van der Waals surface area contributed by atoms with Crippen LogP contribution >= 0.6 is 12.2 Å². The molecule has 0 spiro atoms. The van der Waals surface area contributed by atoms with Gasteiger partial charge in [0.1, 0.15) is 27.5 Å². The number of aromatic nitrogens is 3. The van der Waals surface area contributed by atoms with E-state index < -0.39 is 34.5 Å². The van der Waals surface area contributed by atoms with E-state index in [1.807, 2.05) is 32.6 Å². The average Bonchev–Trinajstić information content (AvgIpc) is 3.00. The molecule has 2 N–H and O–H groups in total. The lowest BCUT2D eigenvalue weighted by Crippen LogP contribution is -2.54. The summed E-state index contributed by atoms with van der Waals surface area (Å²) in [6.45, 7) is 12.2. The predicted molar refractivity (Wildman–Crippen MR) is 173 cm³/mol. The molecule has 0 saturated carbocycles. The van der Waals surface area contributed by atoms with Gasteiger partial charge in [0.2, 0.25) is 5.91 Å². The van der Waals surface area contributed by atoms with Crippen LogP contribution in [0.4, 0.5) is 14.5 Å². The van der Waals surface area contributed by atoms with E-state index in [9.17, 15) is 14.7 Å². The number of nitrogens with one attached hydrogen (secondary N) is 1. The molecule has 0 radical (unpaired) electrons. The van der Waals surface area contributed by atoms with Crippen molar-refractivity contribution in [3.8, 4) is 22.7 Å². The Labute approximate surface area is 264 Å². The zero-order valence-electron chi connectivity index (χ0n) is 25.7. The van der Waals surface area contributed by atoms with Gasteiger partial charge in [0.05, 0.1) is 28.2 Å². The summed E-state index contributed by atoms with van der Waals surface area (Å²) in [4.78, 5) is 39.0. The van der Waals surface area contributed by atoms with E-state index in [0.29, 0.717) is 36.7 Å². The number of benzene rings is 1. The van der Waals surface area contributed by atoms with Gasteiger partial charge in [-0.25, -0.2) is 13.8 Å². The van der Waals surface area contributed by atoms with Crippen LogP contribution in [0.1, 0.15) is 48.3 Å². The smallest absolute Gasteiger partial charge is 0.256 e. The van der Waals surface area contributed by atoms with Crippen molar-refractivity contribution < 1.29 is 23.5 Å². The zero-order valence-corrected chi connectivity index (χ0v) is 26.5. The Morgan fingerprint density at radius 3 is 2.53 bits per heavy atom. The quantitative estimate of drug-likeness (QED) is 0.204. The molecule has 0 bridgehead atoms. The molecule has 1 fully saturated rings. The van der Waals surface area contributed by atoms with E-state index in [-0.39, 0.29) is 39.1 Å². The third-order valence-electron chi connectivity index (χ3n) is 8.08. The lowest BCUT2D eigenvalue weighted by Gasteiger charge is -2.42. The molecule has 1 aliphatic rings. The number of hydrogen-bond donors (Lipinski definition) is 2. The highest BCUT2D eigenvalue weighted by Crippen LogP contribution is 2.41. The van der Waals surface area contributed by atoms with Crippen molar-refractivity contribution in [3.05, 3.63) is 82.3 Å². The van der Waals surface area contributed by atoms with Crippen LogP contribution < -0.4 is 10.2 Å². The molecule has 1 atom stereocenters. The fourth-order valence-corrected chi connectivity index (χ4v) is 6.30. The van der Waals surface area contributed by atoms with Crippen LogP contribution in [0.3, 0.4) is 0 Å². The van der Waals surface area contributed by atoms with Gasteiger partial charge in [-0.15, -0.1) is 0 Å². The number of aryl methyl sites for hydroxylation is 1. The summed E-state index contributed by atoms with van der Waals surface area (Å²) in [5.74, 6) is -3.04. The number of carbonyl (C=O) groups is 2. The molecule has 0 unspecified atom stereocenters. The Morgan fingerprint density at radius 1 is 1.18 bits per heavy atom. The van der Waals surface area contributed by atoms with Gasteiger partial charge in [0.15, 0.2) is 5.82 Å². The first-order chi connectivity index (χ1) is 21.4. The summed E-state index contributed by atoms with van der Waals surface area (Å²) in [6, 6.07) is 6.36. The molecule has 2 amide bonds. The van der Waals surface area contributed by atoms with Crippen LogP contribution in [0.2, 0.25) is 0 Å². The zero-order chi connectivity index (χ0) is 32.7. The van der Waals surface area contributed by atoms with Crippen LogP contribution in [0.15, 0.2) is 49.2 Å². The van der Waals surface area contributed by atoms with E-state index in [1.165, 1.54) is 31.3 Å². The van der Waals surface area contributed by atoms with Crippen LogP contribution in [-0.2, 0) is 4.79 Å². The number of hydrogen-bond acceptors (Lipinski definition) is 7. The van der Waals surface area contributed by atoms with Gasteiger partial charge in [-0.1, -0.05) is 38.7 Å². The van der Waals surface area contributed by atoms with E-state index in [1.54, 1.807) is 21.7 Å². The molecule has 4 heterocycles. The fraction of sp³-hybridized carbons (Fsp3) is 0.303. The summed E-state index contributed by atoms with van der Waals surface area (Å²) in [5, 5.41) is 13.5. The number of fused-ring (bicyclic) bond motifs is 1. The third-order valence-corrected chi connectivity index (χ3v) is 8.47. The topological polar surface area (TPSA) is 104 Å². The maximum atomic E-state index is 16.2. The molecule has 3 aromatic heterocycles. The summed E-state index contributed by atoms with van der Waals surface area (Å²) in [5.41, 5.74) is 1.80. The number of anilines is 1. The van der Waals surface area contributed by atoms with E-state index in [4.69, 9.17) is 12.2 Å². The third kappa shape index (κ3) is 5.43. The number of aromatic hydroxyl groups is 1. The van der Waals surface area contributed by atoms with Crippen molar-refractivity contribution in [2.75, 3.05) is 31.6 Å². The molecule has 0 aliphatic carbocycles. The molecular weight excluding hydrogens is 598 g/mol. The Bertz CT molecular complexity index is 1910. The molecule has 4 aromatic rings. The van der Waals surface area contributed by atoms with Crippen LogP contribution in [-0.4, -0.2) is 69.1 Å². The van der Waals surface area contributed by atoms with Gasteiger partial charge < -0.3 is 20.2 Å². The van der Waals surface area contributed by atoms with Crippen molar-refractivity contribution >= 4 is 40.8 Å². The highest BCUT2D eigenvalue weighted by Gasteiger charge is 2.33. The highest BCUT2D eigenvalue weighted by molar-refractivity contribution is 7.71. The van der Waals surface area contributed by atoms with Crippen molar-refractivity contribution in [1.82, 2.24) is 24.8 Å². The molecule has 1 saturated heterocycles. The Hall–Kier alpha value is -4.71. The number of halogens is 2. The average molecular weight is 633 g/mol. The fourth-order valence-electron chi connectivity index (χ4n) is 5.93. The standard InChI is InChI=1S/C33H34F2N6O3S/c1-7-24(43)39-13-14-40(19(5)16-39)30-20-15-22(35)28(25-21(34)9-8-10-23(25)42)38-31(20)41(33(45)26(30)32(44)36-6)29-18(4)11-12-37-27(29)17(2)3/h7-12,15,17,19,42H,1,13-14,16H2,2-6H3,(H,36,44)/t19-/m0/s1. The van der Waals surface area contributed by atoms with E-state index in [2.05, 4.69) is 21.9 Å². The number of nitrogens with zero attached hydrogens (tertiary/aromatic N) is 5. The number of rotatable bonds is 6. The van der Waals surface area contributed by atoms with E-state index >= 15 is 8.78 Å². The van der Waals surface area contributed by atoms with Gasteiger partial charge >= 0.3 is 0 Å². The number of phenolic OH excluding ortho intramolecular Hbond substituents is 1. The van der Waals surface area contributed by atoms with Crippen molar-refractivity contribution in [1.29, 1.82) is 0 Å². The number of carbonyl (C=O) groups excluding carboxylic acids is 2. The second kappa shape index (κ2) is 12.4. The van der Waals surface area contributed by atoms with Gasteiger partial charge in [0.25, 0.3) is 5.91 Å². The van der Waals surface area contributed by atoms with Gasteiger partial charge in [-0.2, -0.15) is 0 Å². The summed E-state index contributed by atoms with van der Waals surface area (Å²) < 4.78 is 33.0. The summed E-state index contributed by atoms with van der Waals surface area (Å²) in [7, 11) is 1.48. The maximum absolute atomic E-state index is 16.2. The van der Waals surface area contributed by atoms with E-state index in [0.717, 1.165) is 11.6 Å². The van der Waals surface area contributed by atoms with Crippen molar-refractivity contribution in [2.24, 2.45) is 0 Å². The molecular formula is C33H34F2N6O3S. The maximum Gasteiger partial charge on any atom is 0.256 e. The first kappa shape index (κ1) is 31.7. The van der Waals surface area contributed by atoms with Crippen LogP contribution in [0.25, 0.3) is 28.0 Å². The number of piperazine rings is 1. The van der Waals surface area contributed by atoms with Crippen molar-refractivity contribution in [2.45, 2.75) is 39.7 Å². The minimum atomic E-state index is -0.907. The molecule has 234 valence electrons. The number of pyridine rings is 3. The normalized spacial score (nSPS) is 15.1. The van der Waals surface area contributed by atoms with Crippen LogP contribution in [0, 0.1) is 23.2 Å². The SMILES string of the molecule is C=CC(=O)N1CCN(c2c(C(=O)NC)c(=S)n(-c3c(C)ccnc3C(C)C)c3nc(-c4c(O)cccc4F)c(F)cc23)[C@@H](C)C1. The minimum absolute atomic E-state index is 0.0778. The Balaban J connectivity index is 1.96. The lowest BCUT2D eigenvalue weighted by atomic mass is 10.0. The van der Waals surface area contributed by atoms with Gasteiger partial charge in [-0.3, -0.25) is 19.1 Å². The molecule has 45 heavy (non-hydrogen) atoms. The molecule has 1 aliphatic heterocycles. The Morgan fingerprint density at radius 2 is 1.91 bits per heavy atom. The molecule has 5 rings (SSSR count). The minimum Gasteiger partial charge on any atom is -0.507 e. The van der Waals surface area contributed by atoms with Crippen LogP contribution in [0.5, 0.6) is 5.75 Å². The van der Waals surface area contributed by atoms with Gasteiger partial charge in [-0.05, 0) is 55.7 Å². The lowest BCUT2D eigenvalue weighted by molar-refractivity contribution is -0.126. The second-order valence-electron chi connectivity index (χ2n) is 11.3. The first-order valence-corrected chi connectivity index (χ1v) is 14.9. The second-order valence-corrected chi connectivity index (χ2v) is 11.7. The monoisotopic (exact) mass is 632 g/mol.